The second kappa shape index (κ2) is 9.85. The summed E-state index contributed by atoms with van der Waals surface area (Å²) in [5.74, 6) is 1.88. The van der Waals surface area contributed by atoms with Crippen molar-refractivity contribution in [2.75, 3.05) is 33.2 Å². The van der Waals surface area contributed by atoms with Crippen LogP contribution in [-0.2, 0) is 0 Å². The molecular weight excluding hydrogens is 504 g/mol. The van der Waals surface area contributed by atoms with Gasteiger partial charge in [-0.2, -0.15) is 0 Å². The number of aromatic hydroxyl groups is 1. The second-order valence-corrected chi connectivity index (χ2v) is 9.69. The van der Waals surface area contributed by atoms with Crippen LogP contribution >= 0.6 is 0 Å². The van der Waals surface area contributed by atoms with Crippen LogP contribution in [-0.4, -0.2) is 43.8 Å². The van der Waals surface area contributed by atoms with E-state index in [1.54, 1.807) is 38.5 Å². The molecule has 0 unspecified atom stereocenters. The maximum absolute atomic E-state index is 14.4. The molecule has 6 rings (SSSR count). The Kier molecular flexibility index (Phi) is 6.19. The number of nitrogens with zero attached hydrogens (tertiary/aromatic N) is 2. The van der Waals surface area contributed by atoms with Gasteiger partial charge in [0.2, 0.25) is 5.88 Å². The third-order valence-corrected chi connectivity index (χ3v) is 7.06. The normalized spacial score (nSPS) is 11.2. The molecule has 0 aliphatic carbocycles. The van der Waals surface area contributed by atoms with Gasteiger partial charge in [-0.3, -0.25) is 4.79 Å². The Hall–Kier alpha value is -5.17. The summed E-state index contributed by atoms with van der Waals surface area (Å²) in [5.41, 5.74) is 4.63. The predicted molar refractivity (Wildman–Crippen MR) is 157 cm³/mol. The molecule has 0 saturated carbocycles. The number of ketones is 1. The largest absolute Gasteiger partial charge is 0.508 e. The first-order chi connectivity index (χ1) is 19.4. The average Bonchev–Trinajstić information content (AvgIpc) is 3.52. The van der Waals surface area contributed by atoms with Gasteiger partial charge in [-0.1, -0.05) is 30.3 Å². The first-order valence-electron chi connectivity index (χ1n) is 12.8. The van der Waals surface area contributed by atoms with E-state index in [0.717, 1.165) is 22.2 Å². The molecule has 200 valence electrons. The van der Waals surface area contributed by atoms with Crippen LogP contribution in [0.4, 0.5) is 5.88 Å². The van der Waals surface area contributed by atoms with Gasteiger partial charge in [-0.25, -0.2) is 0 Å². The van der Waals surface area contributed by atoms with Crippen molar-refractivity contribution in [2.24, 2.45) is 0 Å². The summed E-state index contributed by atoms with van der Waals surface area (Å²) >= 11 is 0. The number of methoxy groups -OCH3 is 2. The molecule has 2 aromatic heterocycles. The highest BCUT2D eigenvalue weighted by atomic mass is 16.5. The molecule has 40 heavy (non-hydrogen) atoms. The zero-order valence-electron chi connectivity index (χ0n) is 22.6. The van der Waals surface area contributed by atoms with Crippen molar-refractivity contribution in [3.05, 3.63) is 102 Å². The number of phenolic OH excluding ortho intramolecular Hbond substituents is 1. The summed E-state index contributed by atoms with van der Waals surface area (Å²) in [5, 5.41) is 12.0. The first kappa shape index (κ1) is 25.1. The molecular formula is C33H28N2O5. The molecule has 2 heterocycles. The number of ether oxygens (including phenoxy) is 2. The minimum absolute atomic E-state index is 0.0691. The summed E-state index contributed by atoms with van der Waals surface area (Å²) in [6.45, 7) is 0. The van der Waals surface area contributed by atoms with Gasteiger partial charge in [0.25, 0.3) is 0 Å². The zero-order chi connectivity index (χ0) is 28.0. The highest BCUT2D eigenvalue weighted by molar-refractivity contribution is 6.23. The molecule has 0 radical (unpaired) electrons. The number of phenols is 1. The monoisotopic (exact) mass is 532 g/mol. The molecule has 0 atom stereocenters. The molecule has 0 aliphatic heterocycles. The molecule has 0 amide bonds. The lowest BCUT2D eigenvalue weighted by molar-refractivity contribution is 0.104. The third-order valence-electron chi connectivity index (χ3n) is 7.06. The lowest BCUT2D eigenvalue weighted by Crippen LogP contribution is -2.11. The molecule has 4 aromatic carbocycles. The van der Waals surface area contributed by atoms with Crippen LogP contribution in [0.15, 0.2) is 95.4 Å². The number of fused-ring (bicyclic) bond motifs is 2. The van der Waals surface area contributed by atoms with Gasteiger partial charge in [-0.05, 0) is 60.7 Å². The Morgan fingerprint density at radius 3 is 2.20 bits per heavy atom. The Morgan fingerprint density at radius 2 is 1.52 bits per heavy atom. The highest BCUT2D eigenvalue weighted by Crippen LogP contribution is 2.47. The lowest BCUT2D eigenvalue weighted by atomic mass is 9.96. The van der Waals surface area contributed by atoms with Gasteiger partial charge in [0.1, 0.15) is 22.8 Å². The first-order valence-corrected chi connectivity index (χ1v) is 12.8. The van der Waals surface area contributed by atoms with Crippen LogP contribution in [0.25, 0.3) is 38.8 Å². The maximum atomic E-state index is 14.4. The van der Waals surface area contributed by atoms with Crippen LogP contribution in [0.3, 0.4) is 0 Å². The van der Waals surface area contributed by atoms with Crippen molar-refractivity contribution in [2.45, 2.75) is 0 Å². The number of anilines is 1. The molecule has 0 spiro atoms. The van der Waals surface area contributed by atoms with E-state index in [9.17, 15) is 9.90 Å². The molecule has 0 bridgehead atoms. The molecule has 7 heteroatoms. The van der Waals surface area contributed by atoms with Gasteiger partial charge >= 0.3 is 0 Å². The number of rotatable bonds is 7. The SMILES string of the molecule is COc1ccc(-n2c(-c3c(N(C)C)oc4ccc(OC)cc34)c(C(=O)c3ccccc3)c3cc(O)ccc32)cc1. The van der Waals surface area contributed by atoms with E-state index in [2.05, 4.69) is 0 Å². The number of furan rings is 1. The van der Waals surface area contributed by atoms with Crippen LogP contribution in [0.1, 0.15) is 15.9 Å². The molecule has 1 N–H and O–H groups in total. The number of hydrogen-bond donors (Lipinski definition) is 1. The van der Waals surface area contributed by atoms with Crippen molar-refractivity contribution in [1.29, 1.82) is 0 Å². The summed E-state index contributed by atoms with van der Waals surface area (Å²) in [7, 11) is 7.06. The van der Waals surface area contributed by atoms with E-state index in [-0.39, 0.29) is 11.5 Å². The number of hydrogen-bond acceptors (Lipinski definition) is 6. The van der Waals surface area contributed by atoms with Crippen molar-refractivity contribution >= 4 is 33.5 Å². The van der Waals surface area contributed by atoms with Gasteiger partial charge < -0.3 is 28.5 Å². The molecule has 0 saturated heterocycles. The fourth-order valence-corrected chi connectivity index (χ4v) is 5.21. The minimum atomic E-state index is -0.166. The van der Waals surface area contributed by atoms with Gasteiger partial charge in [-0.15, -0.1) is 0 Å². The second-order valence-electron chi connectivity index (χ2n) is 9.69. The van der Waals surface area contributed by atoms with Crippen LogP contribution in [0.2, 0.25) is 0 Å². The van der Waals surface area contributed by atoms with E-state index < -0.39 is 0 Å². The number of carbonyl (C=O) groups excluding carboxylic acids is 1. The highest BCUT2D eigenvalue weighted by Gasteiger charge is 2.31. The number of aromatic nitrogens is 1. The lowest BCUT2D eigenvalue weighted by Gasteiger charge is -2.16. The molecule has 6 aromatic rings. The fourth-order valence-electron chi connectivity index (χ4n) is 5.21. The number of carbonyl (C=O) groups is 1. The maximum Gasteiger partial charge on any atom is 0.205 e. The van der Waals surface area contributed by atoms with E-state index in [1.807, 2.05) is 90.3 Å². The van der Waals surface area contributed by atoms with E-state index in [0.29, 0.717) is 45.2 Å². The zero-order valence-corrected chi connectivity index (χ0v) is 22.6. The molecule has 7 nitrogen and oxygen atoms in total. The van der Waals surface area contributed by atoms with Crippen LogP contribution in [0.5, 0.6) is 17.2 Å². The summed E-state index contributed by atoms with van der Waals surface area (Å²) < 4.78 is 19.4. The van der Waals surface area contributed by atoms with E-state index in [1.165, 1.54) is 0 Å². The van der Waals surface area contributed by atoms with Crippen molar-refractivity contribution in [1.82, 2.24) is 4.57 Å². The summed E-state index contributed by atoms with van der Waals surface area (Å²) in [6.07, 6.45) is 0. The Balaban J connectivity index is 1.82. The van der Waals surface area contributed by atoms with Gasteiger partial charge in [0.05, 0.1) is 36.6 Å². The smallest absolute Gasteiger partial charge is 0.205 e. The molecule has 0 aliphatic rings. The third kappa shape index (κ3) is 4.03. The quantitative estimate of drug-likeness (QED) is 0.222. The number of benzene rings is 4. The van der Waals surface area contributed by atoms with Crippen molar-refractivity contribution < 1.29 is 23.8 Å². The average molecular weight is 533 g/mol. The Morgan fingerprint density at radius 1 is 0.825 bits per heavy atom. The summed E-state index contributed by atoms with van der Waals surface area (Å²) in [6, 6.07) is 27.6. The Bertz CT molecular complexity index is 1870. The van der Waals surface area contributed by atoms with Crippen LogP contribution < -0.4 is 14.4 Å². The fraction of sp³-hybridized carbons (Fsp3) is 0.121. The molecule has 0 fully saturated rings. The van der Waals surface area contributed by atoms with Crippen molar-refractivity contribution in [3.8, 4) is 34.2 Å². The topological polar surface area (TPSA) is 77.1 Å². The summed E-state index contributed by atoms with van der Waals surface area (Å²) in [4.78, 5) is 16.3. The predicted octanol–water partition coefficient (Wildman–Crippen LogP) is 7.06. The minimum Gasteiger partial charge on any atom is -0.508 e. The standard InChI is InChI=1S/C33H28N2O5/c1-34(2)33-30(26-19-24(39-4)15-17-28(26)40-33)31-29(32(37)20-8-6-5-7-9-20)25-18-22(36)12-16-27(25)35(31)21-10-13-23(38-3)14-11-21/h5-19,36H,1-4H3. The van der Waals surface area contributed by atoms with Crippen LogP contribution in [0, 0.1) is 0 Å². The van der Waals surface area contributed by atoms with Gasteiger partial charge in [0.15, 0.2) is 5.78 Å². The van der Waals surface area contributed by atoms with Crippen molar-refractivity contribution in [3.63, 3.8) is 0 Å². The Labute approximate surface area is 231 Å². The van der Waals surface area contributed by atoms with E-state index >= 15 is 0 Å². The van der Waals surface area contributed by atoms with E-state index in [4.69, 9.17) is 13.9 Å². The van der Waals surface area contributed by atoms with Gasteiger partial charge in [0, 0.05) is 36.1 Å².